The number of anilines is 1. The van der Waals surface area contributed by atoms with Crippen LogP contribution in [0.2, 0.25) is 0 Å². The summed E-state index contributed by atoms with van der Waals surface area (Å²) in [4.78, 5) is 24.8. The van der Waals surface area contributed by atoms with Gasteiger partial charge in [-0.05, 0) is 68.5 Å². The molecule has 1 N–H and O–H groups in total. The Morgan fingerprint density at radius 3 is 2.62 bits per heavy atom. The predicted molar refractivity (Wildman–Crippen MR) is 115 cm³/mol. The van der Waals surface area contributed by atoms with Crippen molar-refractivity contribution in [3.63, 3.8) is 0 Å². The summed E-state index contributed by atoms with van der Waals surface area (Å²) >= 11 is 0. The number of carbonyl (C=O) groups is 1. The second-order valence-corrected chi connectivity index (χ2v) is 7.98. The van der Waals surface area contributed by atoms with Crippen molar-refractivity contribution in [2.45, 2.75) is 45.6 Å². The summed E-state index contributed by atoms with van der Waals surface area (Å²) in [7, 11) is 0. The van der Waals surface area contributed by atoms with Gasteiger partial charge in [-0.3, -0.25) is 14.9 Å². The first-order chi connectivity index (χ1) is 13.7. The fourth-order valence-corrected chi connectivity index (χ4v) is 4.15. The van der Waals surface area contributed by atoms with E-state index in [1.54, 1.807) is 6.21 Å². The van der Waals surface area contributed by atoms with Gasteiger partial charge >= 0.3 is 0 Å². The highest BCUT2D eigenvalue weighted by Crippen LogP contribution is 2.43. The number of carbonyl (C=O) groups excluding carboxylic acids is 1. The minimum atomic E-state index is -0.502. The lowest BCUT2D eigenvalue weighted by Crippen LogP contribution is -2.48. The Balaban J connectivity index is 1.72. The molecule has 0 radical (unpaired) electrons. The summed E-state index contributed by atoms with van der Waals surface area (Å²) in [5, 5.41) is 14.7. The molecule has 0 aliphatic carbocycles. The van der Waals surface area contributed by atoms with E-state index in [1.165, 1.54) is 35.5 Å². The Hall–Kier alpha value is -3.22. The van der Waals surface area contributed by atoms with Crippen LogP contribution in [0.4, 0.5) is 11.4 Å². The zero-order valence-electron chi connectivity index (χ0n) is 17.2. The van der Waals surface area contributed by atoms with Gasteiger partial charge in [0.1, 0.15) is 0 Å². The third-order valence-corrected chi connectivity index (χ3v) is 5.45. The number of fused-ring (bicyclic) bond motifs is 1. The fraction of sp³-hybridized carbons (Fsp3) is 0.364. The highest BCUT2D eigenvalue weighted by atomic mass is 16.6. The van der Waals surface area contributed by atoms with E-state index in [0.717, 1.165) is 18.5 Å². The van der Waals surface area contributed by atoms with Crippen molar-refractivity contribution >= 4 is 23.5 Å². The SMILES string of the molecule is CCN1c2ccc(/C=N\NC(=O)c3ccc([N+](=O)[O-])cc3)cc2[C@@H](C)CC1(C)C. The summed E-state index contributed by atoms with van der Waals surface area (Å²) in [6.45, 7) is 9.92. The molecule has 152 valence electrons. The summed E-state index contributed by atoms with van der Waals surface area (Å²) < 4.78 is 0. The number of hydrogen-bond acceptors (Lipinski definition) is 5. The fourth-order valence-electron chi connectivity index (χ4n) is 4.15. The highest BCUT2D eigenvalue weighted by molar-refractivity contribution is 5.95. The van der Waals surface area contributed by atoms with Gasteiger partial charge in [0.25, 0.3) is 11.6 Å². The number of rotatable bonds is 5. The van der Waals surface area contributed by atoms with Crippen LogP contribution >= 0.6 is 0 Å². The van der Waals surface area contributed by atoms with Crippen molar-refractivity contribution in [1.29, 1.82) is 0 Å². The van der Waals surface area contributed by atoms with Crippen LogP contribution < -0.4 is 10.3 Å². The van der Waals surface area contributed by atoms with Crippen molar-refractivity contribution in [2.75, 3.05) is 11.4 Å². The molecule has 7 nitrogen and oxygen atoms in total. The predicted octanol–water partition coefficient (Wildman–Crippen LogP) is 4.47. The van der Waals surface area contributed by atoms with E-state index in [-0.39, 0.29) is 11.2 Å². The van der Waals surface area contributed by atoms with Crippen LogP contribution in [0.5, 0.6) is 0 Å². The molecule has 0 aromatic heterocycles. The third-order valence-electron chi connectivity index (χ3n) is 5.45. The molecule has 0 saturated heterocycles. The number of hydrazone groups is 1. The van der Waals surface area contributed by atoms with Gasteiger partial charge in [0.2, 0.25) is 0 Å². The maximum absolute atomic E-state index is 12.2. The van der Waals surface area contributed by atoms with Crippen molar-refractivity contribution in [3.05, 3.63) is 69.3 Å². The standard InChI is InChI=1S/C22H26N4O3/c1-5-25-20-11-6-16(12-19(20)15(2)13-22(25,3)4)14-23-24-21(27)17-7-9-18(10-8-17)26(28)29/h6-12,14-15H,5,13H2,1-4H3,(H,24,27)/b23-14-/t15-/m0/s1. The lowest BCUT2D eigenvalue weighted by atomic mass is 9.79. The molecular weight excluding hydrogens is 368 g/mol. The normalized spacial score (nSPS) is 17.8. The number of hydrogen-bond donors (Lipinski definition) is 1. The number of amides is 1. The van der Waals surface area contributed by atoms with Crippen LogP contribution in [0.3, 0.4) is 0 Å². The molecule has 0 fully saturated rings. The first-order valence-electron chi connectivity index (χ1n) is 9.72. The number of non-ortho nitro benzene ring substituents is 1. The topological polar surface area (TPSA) is 87.8 Å². The lowest BCUT2D eigenvalue weighted by molar-refractivity contribution is -0.384. The molecule has 1 aliphatic rings. The molecular formula is C22H26N4O3. The van der Waals surface area contributed by atoms with Gasteiger partial charge in [-0.15, -0.1) is 0 Å². The van der Waals surface area contributed by atoms with E-state index < -0.39 is 10.8 Å². The van der Waals surface area contributed by atoms with E-state index in [0.29, 0.717) is 11.5 Å². The summed E-state index contributed by atoms with van der Waals surface area (Å²) in [6, 6.07) is 11.6. The van der Waals surface area contributed by atoms with E-state index in [2.05, 4.69) is 55.3 Å². The van der Waals surface area contributed by atoms with Crippen LogP contribution in [-0.4, -0.2) is 29.1 Å². The molecule has 0 spiro atoms. The zero-order chi connectivity index (χ0) is 21.2. The van der Waals surface area contributed by atoms with Crippen LogP contribution in [0, 0.1) is 10.1 Å². The zero-order valence-corrected chi connectivity index (χ0v) is 17.2. The molecule has 1 aliphatic heterocycles. The Bertz CT molecular complexity index is 951. The molecule has 0 bridgehead atoms. The molecule has 1 atom stereocenters. The van der Waals surface area contributed by atoms with E-state index >= 15 is 0 Å². The van der Waals surface area contributed by atoms with Gasteiger partial charge in [0, 0.05) is 35.5 Å². The van der Waals surface area contributed by atoms with E-state index in [9.17, 15) is 14.9 Å². The van der Waals surface area contributed by atoms with Crippen molar-refractivity contribution < 1.29 is 9.72 Å². The molecule has 29 heavy (non-hydrogen) atoms. The highest BCUT2D eigenvalue weighted by Gasteiger charge is 2.35. The van der Waals surface area contributed by atoms with Gasteiger partial charge in [-0.25, -0.2) is 5.43 Å². The molecule has 0 saturated carbocycles. The molecule has 0 unspecified atom stereocenters. The number of nitro benzene ring substituents is 1. The Morgan fingerprint density at radius 2 is 2.00 bits per heavy atom. The number of nitro groups is 1. The van der Waals surface area contributed by atoms with Crippen LogP contribution in [0.25, 0.3) is 0 Å². The average Bonchev–Trinajstić information content (AvgIpc) is 2.68. The maximum atomic E-state index is 12.2. The number of nitrogens with one attached hydrogen (secondary N) is 1. The van der Waals surface area contributed by atoms with E-state index in [1.807, 2.05) is 6.07 Å². The van der Waals surface area contributed by atoms with Gasteiger partial charge < -0.3 is 4.90 Å². The van der Waals surface area contributed by atoms with Crippen LogP contribution in [-0.2, 0) is 0 Å². The first kappa shape index (κ1) is 20.5. The van der Waals surface area contributed by atoms with Gasteiger partial charge in [-0.1, -0.05) is 13.0 Å². The Morgan fingerprint density at radius 1 is 1.31 bits per heavy atom. The molecule has 3 rings (SSSR count). The monoisotopic (exact) mass is 394 g/mol. The minimum absolute atomic E-state index is 0.0578. The smallest absolute Gasteiger partial charge is 0.271 e. The van der Waals surface area contributed by atoms with E-state index in [4.69, 9.17) is 0 Å². The van der Waals surface area contributed by atoms with Crippen LogP contribution in [0.15, 0.2) is 47.6 Å². The lowest BCUT2D eigenvalue weighted by Gasteiger charge is -2.47. The summed E-state index contributed by atoms with van der Waals surface area (Å²) in [6.07, 6.45) is 2.69. The molecule has 1 amide bonds. The van der Waals surface area contributed by atoms with Crippen molar-refractivity contribution in [3.8, 4) is 0 Å². The molecule has 2 aromatic rings. The van der Waals surface area contributed by atoms with Gasteiger partial charge in [0.05, 0.1) is 11.1 Å². The molecule has 2 aromatic carbocycles. The quantitative estimate of drug-likeness (QED) is 0.460. The van der Waals surface area contributed by atoms with Crippen molar-refractivity contribution in [2.24, 2.45) is 5.10 Å². The van der Waals surface area contributed by atoms with Crippen molar-refractivity contribution in [1.82, 2.24) is 5.43 Å². The number of nitrogens with zero attached hydrogens (tertiary/aromatic N) is 3. The van der Waals surface area contributed by atoms with Gasteiger partial charge in [-0.2, -0.15) is 5.10 Å². The second kappa shape index (κ2) is 8.03. The maximum Gasteiger partial charge on any atom is 0.271 e. The molecule has 1 heterocycles. The number of benzene rings is 2. The minimum Gasteiger partial charge on any atom is -0.366 e. The Kier molecular flexibility index (Phi) is 5.68. The largest absolute Gasteiger partial charge is 0.366 e. The Labute approximate surface area is 170 Å². The average molecular weight is 394 g/mol. The summed E-state index contributed by atoms with van der Waals surface area (Å²) in [5.41, 5.74) is 6.30. The first-order valence-corrected chi connectivity index (χ1v) is 9.72. The summed E-state index contributed by atoms with van der Waals surface area (Å²) in [5.74, 6) is 0.0206. The van der Waals surface area contributed by atoms with Crippen LogP contribution in [0.1, 0.15) is 61.5 Å². The molecule has 7 heteroatoms. The third kappa shape index (κ3) is 4.29. The second-order valence-electron chi connectivity index (χ2n) is 7.98. The van der Waals surface area contributed by atoms with Gasteiger partial charge in [0.15, 0.2) is 0 Å².